The van der Waals surface area contributed by atoms with Crippen molar-refractivity contribution in [3.63, 3.8) is 0 Å². The van der Waals surface area contributed by atoms with E-state index in [1.54, 1.807) is 0 Å². The molecule has 2 aliphatic heterocycles. The van der Waals surface area contributed by atoms with Gasteiger partial charge in [-0.1, -0.05) is 24.3 Å². The average molecular weight is 368 g/mol. The van der Waals surface area contributed by atoms with E-state index < -0.39 is 0 Å². The van der Waals surface area contributed by atoms with E-state index in [0.29, 0.717) is 18.6 Å². The lowest BCUT2D eigenvalue weighted by Gasteiger charge is -2.20. The third-order valence-corrected chi connectivity index (χ3v) is 5.86. The largest absolute Gasteiger partial charge is 0.364 e. The highest BCUT2D eigenvalue weighted by Gasteiger charge is 2.38. The van der Waals surface area contributed by atoms with Gasteiger partial charge >= 0.3 is 0 Å². The van der Waals surface area contributed by atoms with Crippen LogP contribution >= 0.6 is 0 Å². The lowest BCUT2D eigenvalue weighted by molar-refractivity contribution is 0.256. The number of guanidine groups is 1. The van der Waals surface area contributed by atoms with Crippen molar-refractivity contribution in [2.45, 2.75) is 57.8 Å². The molecule has 1 aromatic carbocycles. The molecule has 0 radical (unpaired) electrons. The molecule has 2 heterocycles. The molecule has 1 saturated heterocycles. The molecule has 2 fully saturated rings. The van der Waals surface area contributed by atoms with Crippen molar-refractivity contribution in [2.24, 2.45) is 4.99 Å². The molecule has 0 spiro atoms. The van der Waals surface area contributed by atoms with E-state index in [1.165, 1.54) is 30.5 Å². The average Bonchev–Trinajstić information content (AvgIpc) is 3.23. The van der Waals surface area contributed by atoms with Gasteiger partial charge in [0.2, 0.25) is 0 Å². The summed E-state index contributed by atoms with van der Waals surface area (Å²) < 4.78 is 0. The molecule has 4 rings (SSSR count). The highest BCUT2D eigenvalue weighted by Crippen LogP contribution is 2.33. The summed E-state index contributed by atoms with van der Waals surface area (Å²) in [6.45, 7) is 9.28. The fourth-order valence-electron chi connectivity index (χ4n) is 4.26. The molecule has 1 aliphatic carbocycles. The number of aliphatic imine (C=N–C) groups is 1. The van der Waals surface area contributed by atoms with Gasteiger partial charge in [-0.25, -0.2) is 4.99 Å². The van der Waals surface area contributed by atoms with E-state index in [1.807, 2.05) is 0 Å². The van der Waals surface area contributed by atoms with Crippen LogP contribution in [0.4, 0.5) is 5.69 Å². The molecule has 1 saturated carbocycles. The van der Waals surface area contributed by atoms with Crippen molar-refractivity contribution in [3.8, 4) is 0 Å². The number of nitrogens with zero attached hydrogens (tertiary/aromatic N) is 3. The smallest absolute Gasteiger partial charge is 0.191 e. The van der Waals surface area contributed by atoms with Gasteiger partial charge in [-0.2, -0.15) is 0 Å². The van der Waals surface area contributed by atoms with Gasteiger partial charge in [0.1, 0.15) is 0 Å². The molecule has 0 bridgehead atoms. The van der Waals surface area contributed by atoms with Gasteiger partial charge in [-0.15, -0.1) is 0 Å². The molecule has 0 aromatic heterocycles. The van der Waals surface area contributed by atoms with Gasteiger partial charge in [0.15, 0.2) is 5.96 Å². The number of hydrogen-bond donors (Lipinski definition) is 2. The molecule has 5 heteroatoms. The van der Waals surface area contributed by atoms with Crippen molar-refractivity contribution in [2.75, 3.05) is 31.1 Å². The van der Waals surface area contributed by atoms with Crippen LogP contribution in [-0.2, 0) is 6.54 Å². The number of likely N-dealkylation sites (tertiary alicyclic amines) is 1. The molecule has 2 N–H and O–H groups in total. The van der Waals surface area contributed by atoms with Gasteiger partial charge in [-0.3, -0.25) is 4.90 Å². The lowest BCUT2D eigenvalue weighted by Crippen LogP contribution is -2.44. The maximum absolute atomic E-state index is 4.83. The predicted molar refractivity (Wildman–Crippen MR) is 113 cm³/mol. The quantitative estimate of drug-likeness (QED) is 0.461. The third-order valence-electron chi connectivity index (χ3n) is 5.86. The highest BCUT2D eigenvalue weighted by atomic mass is 15.3. The van der Waals surface area contributed by atoms with Crippen molar-refractivity contribution in [3.05, 3.63) is 42.0 Å². The first kappa shape index (κ1) is 18.4. The van der Waals surface area contributed by atoms with Crippen molar-refractivity contribution in [1.29, 1.82) is 0 Å². The zero-order chi connectivity index (χ0) is 18.6. The summed E-state index contributed by atoms with van der Waals surface area (Å²) in [5, 5.41) is 7.08. The minimum absolute atomic E-state index is 0.503. The standard InChI is InChI=1S/C22H33N5/c1-3-23-22(25-19-14-17(2)27(16-19)21-10-11-21)24-15-18-6-8-20(9-7-18)26-12-4-5-13-26/h4-9,17,19,21H,3,10-16H2,1-2H3,(H2,23,24,25). The van der Waals surface area contributed by atoms with Crippen LogP contribution in [0.15, 0.2) is 41.4 Å². The van der Waals surface area contributed by atoms with Crippen LogP contribution in [0.1, 0.15) is 38.7 Å². The molecular formula is C22H33N5. The summed E-state index contributed by atoms with van der Waals surface area (Å²) in [7, 11) is 0. The minimum Gasteiger partial charge on any atom is -0.364 e. The SMILES string of the molecule is CCNC(=NCc1ccc(N2CC=CC2)cc1)NC1CC(C)N(C2CC2)C1. The first-order valence-electron chi connectivity index (χ1n) is 10.5. The summed E-state index contributed by atoms with van der Waals surface area (Å²) in [6, 6.07) is 10.9. The predicted octanol–water partition coefficient (Wildman–Crippen LogP) is 2.74. The first-order chi connectivity index (χ1) is 13.2. The fourth-order valence-corrected chi connectivity index (χ4v) is 4.26. The van der Waals surface area contributed by atoms with Crippen LogP contribution in [-0.4, -0.2) is 55.2 Å². The van der Waals surface area contributed by atoms with Gasteiger partial charge in [-0.05, 0) is 50.8 Å². The Bertz CT molecular complexity index is 668. The first-order valence-corrected chi connectivity index (χ1v) is 10.5. The van der Waals surface area contributed by atoms with Crippen LogP contribution in [0, 0.1) is 0 Å². The maximum Gasteiger partial charge on any atom is 0.191 e. The van der Waals surface area contributed by atoms with Crippen molar-refractivity contribution < 1.29 is 0 Å². The van der Waals surface area contributed by atoms with Crippen LogP contribution in [0.2, 0.25) is 0 Å². The van der Waals surface area contributed by atoms with Gasteiger partial charge < -0.3 is 15.5 Å². The lowest BCUT2D eigenvalue weighted by atomic mass is 10.2. The number of nitrogens with one attached hydrogen (secondary N) is 2. The monoisotopic (exact) mass is 367 g/mol. The number of benzene rings is 1. The second-order valence-electron chi connectivity index (χ2n) is 8.09. The number of hydrogen-bond acceptors (Lipinski definition) is 3. The van der Waals surface area contributed by atoms with E-state index in [-0.39, 0.29) is 0 Å². The van der Waals surface area contributed by atoms with E-state index in [0.717, 1.165) is 38.2 Å². The van der Waals surface area contributed by atoms with E-state index in [9.17, 15) is 0 Å². The van der Waals surface area contributed by atoms with E-state index >= 15 is 0 Å². The Morgan fingerprint density at radius 1 is 1.15 bits per heavy atom. The molecule has 3 aliphatic rings. The van der Waals surface area contributed by atoms with Gasteiger partial charge in [0.05, 0.1) is 6.54 Å². The van der Waals surface area contributed by atoms with Crippen LogP contribution < -0.4 is 15.5 Å². The molecule has 2 unspecified atom stereocenters. The molecule has 27 heavy (non-hydrogen) atoms. The fraction of sp³-hybridized carbons (Fsp3) is 0.591. The summed E-state index contributed by atoms with van der Waals surface area (Å²) >= 11 is 0. The van der Waals surface area contributed by atoms with Crippen LogP contribution in [0.25, 0.3) is 0 Å². The van der Waals surface area contributed by atoms with Crippen molar-refractivity contribution >= 4 is 11.6 Å². The Labute approximate surface area is 163 Å². The third kappa shape index (κ3) is 4.64. The Morgan fingerprint density at radius 2 is 1.89 bits per heavy atom. The second-order valence-corrected chi connectivity index (χ2v) is 8.09. The Hall–Kier alpha value is -2.01. The van der Waals surface area contributed by atoms with Crippen LogP contribution in [0.3, 0.4) is 0 Å². The summed E-state index contributed by atoms with van der Waals surface area (Å²) in [6.07, 6.45) is 8.42. The van der Waals surface area contributed by atoms with E-state index in [4.69, 9.17) is 4.99 Å². The topological polar surface area (TPSA) is 42.9 Å². The van der Waals surface area contributed by atoms with Gasteiger partial charge in [0, 0.05) is 50.0 Å². The molecule has 146 valence electrons. The molecular weight excluding hydrogens is 334 g/mol. The van der Waals surface area contributed by atoms with Crippen LogP contribution in [0.5, 0.6) is 0 Å². The second kappa shape index (κ2) is 8.34. The minimum atomic E-state index is 0.503. The number of rotatable bonds is 6. The zero-order valence-electron chi connectivity index (χ0n) is 16.7. The molecule has 5 nitrogen and oxygen atoms in total. The molecule has 1 aromatic rings. The summed E-state index contributed by atoms with van der Waals surface area (Å²) in [5.41, 5.74) is 2.54. The van der Waals surface area contributed by atoms with Crippen molar-refractivity contribution in [1.82, 2.24) is 15.5 Å². The summed E-state index contributed by atoms with van der Waals surface area (Å²) in [4.78, 5) is 9.88. The maximum atomic E-state index is 4.83. The molecule has 2 atom stereocenters. The highest BCUT2D eigenvalue weighted by molar-refractivity contribution is 5.80. The Kier molecular flexibility index (Phi) is 5.67. The normalized spacial score (nSPS) is 26.0. The summed E-state index contributed by atoms with van der Waals surface area (Å²) in [5.74, 6) is 0.945. The van der Waals surface area contributed by atoms with E-state index in [2.05, 4.69) is 70.7 Å². The Balaban J connectivity index is 1.33. The number of anilines is 1. The molecule has 0 amide bonds. The Morgan fingerprint density at radius 3 is 2.56 bits per heavy atom. The van der Waals surface area contributed by atoms with Gasteiger partial charge in [0.25, 0.3) is 0 Å². The zero-order valence-corrected chi connectivity index (χ0v) is 16.7.